The highest BCUT2D eigenvalue weighted by atomic mass is 32.3. The first kappa shape index (κ1) is 15.9. The zero-order chi connectivity index (χ0) is 15.7. The molecule has 3 nitrogen and oxygen atoms in total. The summed E-state index contributed by atoms with van der Waals surface area (Å²) < 4.78 is 0. The molecule has 0 N–H and O–H groups in total. The van der Waals surface area contributed by atoms with Crippen LogP contribution in [-0.4, -0.2) is 36.2 Å². The lowest BCUT2D eigenvalue weighted by molar-refractivity contribution is -0.122. The molecule has 0 aliphatic carbocycles. The lowest BCUT2D eigenvalue weighted by atomic mass is 9.82. The number of carbonyl (C=O) groups is 1. The van der Waals surface area contributed by atoms with Crippen LogP contribution in [0.5, 0.6) is 0 Å². The number of rotatable bonds is 1. The molecule has 0 spiro atoms. The number of aromatic nitrogens is 1. The molecule has 2 heterocycles. The molecule has 21 heavy (non-hydrogen) atoms. The average Bonchev–Trinajstić information content (AvgIpc) is 2.35. The average molecular weight is 304 g/mol. The largest absolute Gasteiger partial charge is 0.297 e. The predicted molar refractivity (Wildman–Crippen MR) is 91.8 cm³/mol. The van der Waals surface area contributed by atoms with Crippen molar-refractivity contribution >= 4 is 21.8 Å². The molecule has 0 unspecified atom stereocenters. The summed E-state index contributed by atoms with van der Waals surface area (Å²) in [6, 6.07) is 3.85. The van der Waals surface area contributed by atoms with Crippen molar-refractivity contribution in [3.63, 3.8) is 0 Å². The maximum Gasteiger partial charge on any atom is 0.228 e. The molecular weight excluding hydrogens is 280 g/mol. The van der Waals surface area contributed by atoms with Crippen LogP contribution in [0.1, 0.15) is 32.3 Å². The molecule has 114 valence electrons. The van der Waals surface area contributed by atoms with E-state index in [1.807, 2.05) is 12.1 Å². The van der Waals surface area contributed by atoms with Gasteiger partial charge in [-0.1, -0.05) is 19.8 Å². The Morgan fingerprint density at radius 1 is 1.29 bits per heavy atom. The number of hydrogen-bond donors (Lipinski definition) is 0. The molecule has 1 aromatic heterocycles. The third-order valence-electron chi connectivity index (χ3n) is 3.47. The van der Waals surface area contributed by atoms with E-state index in [2.05, 4.69) is 48.8 Å². The molecule has 1 aromatic rings. The second-order valence-corrected chi connectivity index (χ2v) is 11.0. The third-order valence-corrected chi connectivity index (χ3v) is 4.18. The van der Waals surface area contributed by atoms with Gasteiger partial charge >= 0.3 is 0 Å². The summed E-state index contributed by atoms with van der Waals surface area (Å²) in [6.07, 6.45) is 9.85. The Labute approximate surface area is 129 Å². The van der Waals surface area contributed by atoms with Crippen molar-refractivity contribution in [1.82, 2.24) is 4.98 Å². The number of carbonyl (C=O) groups excluding carboxylic acids is 1. The molecule has 1 amide bonds. The number of pyridine rings is 1. The van der Waals surface area contributed by atoms with Crippen LogP contribution in [0.4, 0.5) is 5.82 Å². The number of hydrogen-bond acceptors (Lipinski definition) is 2. The summed E-state index contributed by atoms with van der Waals surface area (Å²) in [4.78, 5) is 18.4. The molecule has 1 aliphatic rings. The van der Waals surface area contributed by atoms with Gasteiger partial charge in [0.25, 0.3) is 0 Å². The van der Waals surface area contributed by atoms with Crippen molar-refractivity contribution in [3.8, 4) is 11.2 Å². The minimum absolute atomic E-state index is 0.106. The fourth-order valence-electron chi connectivity index (χ4n) is 2.21. The molecule has 4 heteroatoms. The van der Waals surface area contributed by atoms with E-state index < -0.39 is 10.0 Å². The summed E-state index contributed by atoms with van der Waals surface area (Å²) in [6.45, 7) is 5.03. The fourth-order valence-corrected chi connectivity index (χ4v) is 2.63. The van der Waals surface area contributed by atoms with E-state index in [0.717, 1.165) is 24.3 Å². The van der Waals surface area contributed by atoms with Gasteiger partial charge in [-0.2, -0.15) is 10.0 Å². The molecule has 0 atom stereocenters. The quantitative estimate of drug-likeness (QED) is 0.746. The molecule has 2 rings (SSSR count). The normalized spacial score (nSPS) is 18.9. The lowest BCUT2D eigenvalue weighted by Gasteiger charge is -2.35. The lowest BCUT2D eigenvalue weighted by Crippen LogP contribution is -2.42. The van der Waals surface area contributed by atoms with E-state index in [1.54, 1.807) is 11.1 Å². The minimum Gasteiger partial charge on any atom is -0.297 e. The van der Waals surface area contributed by atoms with Gasteiger partial charge in [0.1, 0.15) is 5.82 Å². The number of anilines is 1. The second kappa shape index (κ2) is 5.73. The zero-order valence-electron chi connectivity index (χ0n) is 13.6. The topological polar surface area (TPSA) is 33.2 Å². The molecule has 0 bridgehead atoms. The van der Waals surface area contributed by atoms with Gasteiger partial charge in [-0.05, 0) is 48.0 Å². The van der Waals surface area contributed by atoms with Crippen molar-refractivity contribution in [2.75, 3.05) is 30.2 Å². The van der Waals surface area contributed by atoms with Crippen molar-refractivity contribution in [3.05, 3.63) is 23.9 Å². The SMILES string of the molecule is CC1(C)CCN(c2ccc(C#CS(C)(C)C)cn2)C(=O)C1. The van der Waals surface area contributed by atoms with Gasteiger partial charge in [0.2, 0.25) is 5.91 Å². The van der Waals surface area contributed by atoms with Crippen molar-refractivity contribution in [1.29, 1.82) is 0 Å². The van der Waals surface area contributed by atoms with Gasteiger partial charge in [0, 0.05) is 24.7 Å². The highest BCUT2D eigenvalue weighted by molar-refractivity contribution is 8.35. The minimum atomic E-state index is -0.828. The Morgan fingerprint density at radius 3 is 2.52 bits per heavy atom. The van der Waals surface area contributed by atoms with E-state index in [-0.39, 0.29) is 11.3 Å². The van der Waals surface area contributed by atoms with E-state index >= 15 is 0 Å². The summed E-state index contributed by atoms with van der Waals surface area (Å²) in [7, 11) is -0.828. The summed E-state index contributed by atoms with van der Waals surface area (Å²) in [5.41, 5.74) is 1.01. The highest BCUT2D eigenvalue weighted by Gasteiger charge is 2.32. The van der Waals surface area contributed by atoms with Crippen LogP contribution in [0.2, 0.25) is 0 Å². The summed E-state index contributed by atoms with van der Waals surface area (Å²) in [5.74, 6) is 4.06. The molecule has 1 aliphatic heterocycles. The Balaban J connectivity index is 2.12. The summed E-state index contributed by atoms with van der Waals surface area (Å²) in [5, 5.41) is 3.27. The van der Waals surface area contributed by atoms with E-state index in [4.69, 9.17) is 0 Å². The highest BCUT2D eigenvalue weighted by Crippen LogP contribution is 2.33. The molecular formula is C17H24N2OS. The Hall–Kier alpha value is -1.47. The molecule has 0 saturated carbocycles. The first-order valence-electron chi connectivity index (χ1n) is 7.14. The van der Waals surface area contributed by atoms with Crippen LogP contribution in [0.25, 0.3) is 0 Å². The number of nitrogens with zero attached hydrogens (tertiary/aromatic N) is 2. The van der Waals surface area contributed by atoms with Crippen LogP contribution < -0.4 is 4.90 Å². The first-order chi connectivity index (χ1) is 9.66. The van der Waals surface area contributed by atoms with Gasteiger partial charge < -0.3 is 0 Å². The maximum absolute atomic E-state index is 12.2. The Bertz CT molecular complexity index is 588. The maximum atomic E-state index is 12.2. The van der Waals surface area contributed by atoms with Gasteiger partial charge in [0.05, 0.1) is 0 Å². The van der Waals surface area contributed by atoms with E-state index in [1.165, 1.54) is 0 Å². The van der Waals surface area contributed by atoms with Crippen LogP contribution in [-0.2, 0) is 4.79 Å². The predicted octanol–water partition coefficient (Wildman–Crippen LogP) is 3.24. The Kier molecular flexibility index (Phi) is 4.34. The van der Waals surface area contributed by atoms with Crippen molar-refractivity contribution in [2.45, 2.75) is 26.7 Å². The monoisotopic (exact) mass is 304 g/mol. The van der Waals surface area contributed by atoms with Gasteiger partial charge in [-0.3, -0.25) is 9.69 Å². The molecule has 0 aromatic carbocycles. The number of amides is 1. The smallest absolute Gasteiger partial charge is 0.228 e. The fraction of sp³-hybridized carbons (Fsp3) is 0.529. The van der Waals surface area contributed by atoms with Crippen molar-refractivity contribution in [2.24, 2.45) is 5.41 Å². The summed E-state index contributed by atoms with van der Waals surface area (Å²) >= 11 is 0. The Morgan fingerprint density at radius 2 is 2.00 bits per heavy atom. The number of piperidine rings is 1. The van der Waals surface area contributed by atoms with Gasteiger partial charge in [-0.25, -0.2) is 4.98 Å². The molecule has 1 fully saturated rings. The van der Waals surface area contributed by atoms with Gasteiger partial charge in [0.15, 0.2) is 0 Å². The van der Waals surface area contributed by atoms with Crippen LogP contribution >= 0.6 is 10.0 Å². The second-order valence-electron chi connectivity index (χ2n) is 7.11. The standard InChI is InChI=1S/C17H24N2OS/c1-17(2)9-10-19(16(20)12-17)15-7-6-14(13-18-15)8-11-21(3,4)5/h6-7,13H,9-10,12H2,1-5H3. The van der Waals surface area contributed by atoms with Crippen LogP contribution in [0.15, 0.2) is 18.3 Å². The van der Waals surface area contributed by atoms with Gasteiger partial charge in [-0.15, -0.1) is 0 Å². The van der Waals surface area contributed by atoms with Crippen LogP contribution in [0.3, 0.4) is 0 Å². The van der Waals surface area contributed by atoms with E-state index in [0.29, 0.717) is 6.42 Å². The van der Waals surface area contributed by atoms with Crippen molar-refractivity contribution < 1.29 is 4.79 Å². The molecule has 0 radical (unpaired) electrons. The van der Waals surface area contributed by atoms with Crippen LogP contribution in [0, 0.1) is 16.6 Å². The first-order valence-corrected chi connectivity index (χ1v) is 10.00. The van der Waals surface area contributed by atoms with E-state index in [9.17, 15) is 4.79 Å². The zero-order valence-corrected chi connectivity index (χ0v) is 14.4. The third kappa shape index (κ3) is 4.50. The molecule has 1 saturated heterocycles.